The molecule has 90 valence electrons. The van der Waals surface area contributed by atoms with E-state index in [1.54, 1.807) is 12.1 Å². The predicted molar refractivity (Wildman–Crippen MR) is 68.9 cm³/mol. The molecule has 0 heterocycles. The molecule has 0 amide bonds. The van der Waals surface area contributed by atoms with Crippen LogP contribution in [0.1, 0.15) is 6.92 Å². The number of likely N-dealkylation sites (N-methyl/N-ethyl adjacent to an activating group) is 1. The van der Waals surface area contributed by atoms with Gasteiger partial charge in [0.1, 0.15) is 12.4 Å². The Morgan fingerprint density at radius 3 is 2.65 bits per heavy atom. The van der Waals surface area contributed by atoms with E-state index in [4.69, 9.17) is 4.74 Å². The van der Waals surface area contributed by atoms with Crippen LogP contribution in [0.15, 0.2) is 24.3 Å². The molecule has 0 fully saturated rings. The van der Waals surface area contributed by atoms with Crippen molar-refractivity contribution in [3.63, 3.8) is 0 Å². The fraction of sp³-hybridized carbons (Fsp3) is 0.455. The van der Waals surface area contributed by atoms with Crippen molar-refractivity contribution in [2.45, 2.75) is 13.0 Å². The van der Waals surface area contributed by atoms with Gasteiger partial charge in [0.2, 0.25) is 0 Å². The minimum absolute atomic E-state index is 0. The van der Waals surface area contributed by atoms with Crippen molar-refractivity contribution in [1.29, 1.82) is 0 Å². The third-order valence-corrected chi connectivity index (χ3v) is 2.40. The van der Waals surface area contributed by atoms with Crippen LogP contribution in [-0.2, 0) is 0 Å². The van der Waals surface area contributed by atoms with E-state index < -0.39 is 4.92 Å². The summed E-state index contributed by atoms with van der Waals surface area (Å²) in [5.41, 5.74) is 0.0509. The van der Waals surface area contributed by atoms with Crippen molar-refractivity contribution in [2.75, 3.05) is 20.7 Å². The summed E-state index contributed by atoms with van der Waals surface area (Å²) in [6, 6.07) is 6.48. The Labute approximate surface area is 123 Å². The summed E-state index contributed by atoms with van der Waals surface area (Å²) >= 11 is 0. The van der Waals surface area contributed by atoms with Gasteiger partial charge >= 0.3 is 29.6 Å². The maximum atomic E-state index is 10.5. The third-order valence-electron chi connectivity index (χ3n) is 2.40. The molecule has 0 aliphatic heterocycles. The quantitative estimate of drug-likeness (QED) is 0.447. The second-order valence-electron chi connectivity index (χ2n) is 3.88. The first-order chi connectivity index (χ1) is 7.50. The monoisotopic (exact) mass is 248 g/mol. The number of nitro groups is 1. The molecule has 0 bridgehead atoms. The molecule has 0 saturated carbocycles. The van der Waals surface area contributed by atoms with Gasteiger partial charge in [0, 0.05) is 12.1 Å². The van der Waals surface area contributed by atoms with Gasteiger partial charge in [0.25, 0.3) is 5.69 Å². The van der Waals surface area contributed by atoms with Gasteiger partial charge in [-0.05, 0) is 27.1 Å². The van der Waals surface area contributed by atoms with E-state index in [9.17, 15) is 10.1 Å². The van der Waals surface area contributed by atoms with Crippen molar-refractivity contribution in [1.82, 2.24) is 4.90 Å². The van der Waals surface area contributed by atoms with Gasteiger partial charge < -0.3 is 9.64 Å². The second-order valence-corrected chi connectivity index (χ2v) is 3.88. The molecule has 0 aliphatic carbocycles. The van der Waals surface area contributed by atoms with Gasteiger partial charge in [-0.3, -0.25) is 10.1 Å². The Kier molecular flexibility index (Phi) is 7.38. The molecule has 0 spiro atoms. The normalized spacial score (nSPS) is 11.8. The predicted octanol–water partition coefficient (Wildman–Crippen LogP) is 1.28. The van der Waals surface area contributed by atoms with Gasteiger partial charge in [-0.25, -0.2) is 0 Å². The SMILES string of the molecule is C[C@@H](COc1cccc([N+](=O)[O-])c1)N(C)C.[NaH]. The molecule has 0 aliphatic rings. The number of hydrogen-bond donors (Lipinski definition) is 0. The van der Waals surface area contributed by atoms with Gasteiger partial charge in [0.15, 0.2) is 0 Å². The molecule has 0 N–H and O–H groups in total. The van der Waals surface area contributed by atoms with E-state index in [-0.39, 0.29) is 41.3 Å². The fourth-order valence-corrected chi connectivity index (χ4v) is 1.05. The molecule has 6 heteroatoms. The Balaban J connectivity index is 0.00000256. The Bertz CT molecular complexity index is 371. The molecule has 17 heavy (non-hydrogen) atoms. The number of nitrogens with zero attached hydrogens (tertiary/aromatic N) is 2. The first-order valence-electron chi connectivity index (χ1n) is 5.04. The maximum absolute atomic E-state index is 10.5. The van der Waals surface area contributed by atoms with Crippen LogP contribution in [-0.4, -0.2) is 66.1 Å². The zero-order valence-corrected chi connectivity index (χ0v) is 9.71. The van der Waals surface area contributed by atoms with Gasteiger partial charge in [-0.15, -0.1) is 0 Å². The van der Waals surface area contributed by atoms with Crippen LogP contribution < -0.4 is 4.74 Å². The molecule has 0 radical (unpaired) electrons. The number of ether oxygens (including phenoxy) is 1. The third kappa shape index (κ3) is 5.50. The molecule has 1 rings (SSSR count). The average molecular weight is 248 g/mol. The van der Waals surface area contributed by atoms with Crippen molar-refractivity contribution < 1.29 is 9.66 Å². The first kappa shape index (κ1) is 16.4. The van der Waals surface area contributed by atoms with Gasteiger partial charge in [-0.2, -0.15) is 0 Å². The number of hydrogen-bond acceptors (Lipinski definition) is 4. The van der Waals surface area contributed by atoms with E-state index in [2.05, 4.69) is 0 Å². The van der Waals surface area contributed by atoms with Crippen LogP contribution in [0.25, 0.3) is 0 Å². The van der Waals surface area contributed by atoms with E-state index in [0.29, 0.717) is 12.4 Å². The zero-order valence-electron chi connectivity index (χ0n) is 9.71. The molecular weight excluding hydrogens is 231 g/mol. The zero-order chi connectivity index (χ0) is 12.1. The average Bonchev–Trinajstić information content (AvgIpc) is 2.26. The van der Waals surface area contributed by atoms with Crippen LogP contribution in [0.3, 0.4) is 0 Å². The molecular formula is C11H17N2NaO3. The first-order valence-corrected chi connectivity index (χ1v) is 5.04. The summed E-state index contributed by atoms with van der Waals surface area (Å²) in [6.07, 6.45) is 0. The standard InChI is InChI=1S/C11H16N2O3.Na.H/c1-9(12(2)3)8-16-11-6-4-5-10(7-11)13(14)15;;/h4-7,9H,8H2,1-3H3;;/t9-;;/m0../s1. The van der Waals surface area contributed by atoms with Crippen molar-refractivity contribution >= 4 is 35.2 Å². The summed E-state index contributed by atoms with van der Waals surface area (Å²) in [7, 11) is 3.92. The number of rotatable bonds is 5. The van der Waals surface area contributed by atoms with Crippen LogP contribution in [0.5, 0.6) is 5.75 Å². The Morgan fingerprint density at radius 2 is 2.12 bits per heavy atom. The summed E-state index contributed by atoms with van der Waals surface area (Å²) < 4.78 is 5.47. The number of non-ortho nitro benzene ring substituents is 1. The van der Waals surface area contributed by atoms with Crippen molar-refractivity contribution in [3.8, 4) is 5.75 Å². The number of benzene rings is 1. The molecule has 0 unspecified atom stereocenters. The molecule has 1 aromatic carbocycles. The minimum atomic E-state index is -0.428. The molecule has 0 saturated heterocycles. The van der Waals surface area contributed by atoms with Gasteiger partial charge in [0.05, 0.1) is 11.0 Å². The van der Waals surface area contributed by atoms with E-state index in [1.807, 2.05) is 25.9 Å². The molecule has 1 atom stereocenters. The summed E-state index contributed by atoms with van der Waals surface area (Å²) in [4.78, 5) is 12.1. The Hall–Kier alpha value is -0.620. The van der Waals surface area contributed by atoms with E-state index >= 15 is 0 Å². The summed E-state index contributed by atoms with van der Waals surface area (Å²) in [5, 5.41) is 10.5. The van der Waals surface area contributed by atoms with Crippen LogP contribution >= 0.6 is 0 Å². The Morgan fingerprint density at radius 1 is 1.47 bits per heavy atom. The summed E-state index contributed by atoms with van der Waals surface area (Å²) in [5.74, 6) is 0.530. The van der Waals surface area contributed by atoms with E-state index in [0.717, 1.165) is 0 Å². The van der Waals surface area contributed by atoms with Crippen LogP contribution in [0.2, 0.25) is 0 Å². The van der Waals surface area contributed by atoms with E-state index in [1.165, 1.54) is 12.1 Å². The number of nitro benzene ring substituents is 1. The van der Waals surface area contributed by atoms with Crippen LogP contribution in [0.4, 0.5) is 5.69 Å². The van der Waals surface area contributed by atoms with Crippen molar-refractivity contribution in [2.24, 2.45) is 0 Å². The molecule has 1 aromatic rings. The molecule has 0 aromatic heterocycles. The van der Waals surface area contributed by atoms with Crippen LogP contribution in [0, 0.1) is 10.1 Å². The van der Waals surface area contributed by atoms with Gasteiger partial charge in [-0.1, -0.05) is 6.07 Å². The molecule has 5 nitrogen and oxygen atoms in total. The second kappa shape index (κ2) is 7.66. The van der Waals surface area contributed by atoms with Crippen molar-refractivity contribution in [3.05, 3.63) is 34.4 Å². The topological polar surface area (TPSA) is 55.6 Å². The summed E-state index contributed by atoms with van der Waals surface area (Å²) in [6.45, 7) is 2.53. The fourth-order valence-electron chi connectivity index (χ4n) is 1.05.